The van der Waals surface area contributed by atoms with Crippen molar-refractivity contribution in [2.45, 2.75) is 76.5 Å². The van der Waals surface area contributed by atoms with E-state index in [1.165, 1.54) is 24.0 Å². The first-order valence-corrected chi connectivity index (χ1v) is 23.7. The van der Waals surface area contributed by atoms with Crippen molar-refractivity contribution in [3.05, 3.63) is 144 Å². The highest BCUT2D eigenvalue weighted by Crippen LogP contribution is 2.39. The molecule has 14 heteroatoms. The topological polar surface area (TPSA) is 157 Å². The van der Waals surface area contributed by atoms with Crippen molar-refractivity contribution in [1.29, 1.82) is 0 Å². The van der Waals surface area contributed by atoms with Crippen LogP contribution in [0.1, 0.15) is 99.3 Å². The summed E-state index contributed by atoms with van der Waals surface area (Å²) < 4.78 is 10.3. The van der Waals surface area contributed by atoms with Gasteiger partial charge in [0.2, 0.25) is 0 Å². The highest BCUT2D eigenvalue weighted by atomic mass is 16.5. The Hall–Kier alpha value is -7.48. The molecule has 4 heterocycles. The first-order valence-electron chi connectivity index (χ1n) is 23.7. The van der Waals surface area contributed by atoms with Crippen molar-refractivity contribution in [2.75, 3.05) is 40.4 Å². The summed E-state index contributed by atoms with van der Waals surface area (Å²) in [5.74, 6) is 1.15. The van der Waals surface area contributed by atoms with E-state index in [4.69, 9.17) is 19.4 Å². The largest absolute Gasteiger partial charge is 0.453 e. The van der Waals surface area contributed by atoms with E-state index in [0.717, 1.165) is 92.8 Å². The second-order valence-electron chi connectivity index (χ2n) is 17.6. The van der Waals surface area contributed by atoms with Crippen LogP contribution in [0.15, 0.2) is 121 Å². The molecule has 0 saturated carbocycles. The number of aromatic amines is 2. The van der Waals surface area contributed by atoms with E-state index in [1.807, 2.05) is 96.4 Å². The Labute approximate surface area is 396 Å². The van der Waals surface area contributed by atoms with Gasteiger partial charge in [-0.1, -0.05) is 111 Å². The Morgan fingerprint density at radius 3 is 1.32 bits per heavy atom. The van der Waals surface area contributed by atoms with Crippen LogP contribution in [-0.2, 0) is 19.1 Å². The number of carbonyl (C=O) groups is 4. The minimum atomic E-state index is -0.820. The molecule has 9 rings (SSSR count). The van der Waals surface area contributed by atoms with Gasteiger partial charge >= 0.3 is 12.2 Å². The number of hydrogen-bond donors (Lipinski definition) is 2. The molecule has 0 aliphatic carbocycles. The molecule has 0 radical (unpaired) electrons. The molecule has 7 aromatic rings. The fraction of sp³-hybridized carbons (Fsp3) is 0.333. The van der Waals surface area contributed by atoms with Crippen LogP contribution in [0.4, 0.5) is 9.59 Å². The van der Waals surface area contributed by atoms with Crippen LogP contribution in [-0.4, -0.2) is 104 Å². The second-order valence-corrected chi connectivity index (χ2v) is 17.6. The van der Waals surface area contributed by atoms with Gasteiger partial charge < -0.3 is 29.2 Å². The molecule has 0 spiro atoms. The van der Waals surface area contributed by atoms with E-state index in [-0.39, 0.29) is 23.9 Å². The Bertz CT molecular complexity index is 2700. The zero-order valence-electron chi connectivity index (χ0n) is 39.1. The number of H-pyrrole nitrogens is 2. The Morgan fingerprint density at radius 2 is 0.956 bits per heavy atom. The molecule has 5 aromatic carbocycles. The first kappa shape index (κ1) is 45.7. The molecule has 4 amide bonds. The molecule has 2 unspecified atom stereocenters. The minimum absolute atomic E-state index is 0.150. The van der Waals surface area contributed by atoms with Gasteiger partial charge in [0.05, 0.1) is 48.4 Å². The summed E-state index contributed by atoms with van der Waals surface area (Å²) >= 11 is 0. The lowest BCUT2D eigenvalue weighted by molar-refractivity contribution is -0.138. The maximum Gasteiger partial charge on any atom is 0.410 e. The smallest absolute Gasteiger partial charge is 0.410 e. The third kappa shape index (κ3) is 9.02. The summed E-state index contributed by atoms with van der Waals surface area (Å²) in [5, 5.41) is 0. The highest BCUT2D eigenvalue weighted by molar-refractivity contribution is 5.89. The number of imidazole rings is 2. The molecule has 68 heavy (non-hydrogen) atoms. The quantitative estimate of drug-likeness (QED) is 0.109. The normalized spacial score (nSPS) is 16.8. The molecule has 2 N–H and O–H groups in total. The maximum atomic E-state index is 14.5. The van der Waals surface area contributed by atoms with E-state index >= 15 is 0 Å². The first-order chi connectivity index (χ1) is 33.2. The third-order valence-electron chi connectivity index (χ3n) is 13.3. The fourth-order valence-electron chi connectivity index (χ4n) is 10.1. The van der Waals surface area contributed by atoms with Gasteiger partial charge in [0.15, 0.2) is 0 Å². The van der Waals surface area contributed by atoms with E-state index < -0.39 is 24.3 Å². The number of hydrogen-bond acceptors (Lipinski definition) is 8. The van der Waals surface area contributed by atoms with Crippen LogP contribution in [0.5, 0.6) is 0 Å². The lowest BCUT2D eigenvalue weighted by Gasteiger charge is -2.34. The molecule has 2 aromatic heterocycles. The number of carbonyl (C=O) groups excluding carboxylic acids is 4. The Morgan fingerprint density at radius 1 is 0.574 bits per heavy atom. The highest BCUT2D eigenvalue weighted by Gasteiger charge is 2.42. The third-order valence-corrected chi connectivity index (χ3v) is 13.3. The maximum absolute atomic E-state index is 14.5. The monoisotopic (exact) mass is 914 g/mol. The molecule has 2 aliphatic rings. The lowest BCUT2D eigenvalue weighted by Crippen LogP contribution is -2.45. The number of ether oxygens (including phenoxy) is 2. The minimum Gasteiger partial charge on any atom is -0.453 e. The molecule has 14 nitrogen and oxygen atoms in total. The summed E-state index contributed by atoms with van der Waals surface area (Å²) in [6.45, 7) is 5.84. The number of nitrogens with one attached hydrogen (secondary N) is 2. The number of benzene rings is 5. The van der Waals surface area contributed by atoms with Gasteiger partial charge in [0.1, 0.15) is 23.7 Å². The zero-order chi connectivity index (χ0) is 47.3. The van der Waals surface area contributed by atoms with Gasteiger partial charge in [-0.25, -0.2) is 19.6 Å². The van der Waals surface area contributed by atoms with E-state index in [1.54, 1.807) is 0 Å². The number of methoxy groups -OCH3 is 2. The van der Waals surface area contributed by atoms with Crippen molar-refractivity contribution >= 4 is 46.1 Å². The summed E-state index contributed by atoms with van der Waals surface area (Å²) in [7, 11) is 2.70. The SMILES string of the molecule is CCCN(C(=O)OC)C(C(=O)N1CCC[C@H]1c1nc2ccc(-c3ccc(-c4ccc5nc([C@@H]6CCCN6C(=O)C(c6ccccc6)N(CCC)C(=O)OC)[nH]c5c4)cc3)cc2[nH]1)c1ccccc1. The fourth-order valence-corrected chi connectivity index (χ4v) is 10.1. The summed E-state index contributed by atoms with van der Waals surface area (Å²) in [5.41, 5.74) is 9.01. The average Bonchev–Trinajstić information content (AvgIpc) is 4.22. The Balaban J connectivity index is 0.923. The van der Waals surface area contributed by atoms with E-state index in [0.29, 0.717) is 39.0 Å². The summed E-state index contributed by atoms with van der Waals surface area (Å²) in [6, 6.07) is 37.5. The van der Waals surface area contributed by atoms with Crippen LogP contribution < -0.4 is 0 Å². The molecule has 2 aliphatic heterocycles. The van der Waals surface area contributed by atoms with Crippen LogP contribution in [0.2, 0.25) is 0 Å². The number of rotatable bonds is 14. The number of aromatic nitrogens is 4. The molecule has 0 bridgehead atoms. The number of fused-ring (bicyclic) bond motifs is 2. The Kier molecular flexibility index (Phi) is 13.5. The summed E-state index contributed by atoms with van der Waals surface area (Å²) in [6.07, 6.45) is 3.44. The van der Waals surface area contributed by atoms with Gasteiger partial charge in [0.25, 0.3) is 11.8 Å². The van der Waals surface area contributed by atoms with E-state index in [2.05, 4.69) is 58.5 Å². The van der Waals surface area contributed by atoms with Gasteiger partial charge in [0, 0.05) is 26.2 Å². The predicted molar refractivity (Wildman–Crippen MR) is 261 cm³/mol. The lowest BCUT2D eigenvalue weighted by atomic mass is 10.00. The van der Waals surface area contributed by atoms with Crippen molar-refractivity contribution in [3.8, 4) is 22.3 Å². The van der Waals surface area contributed by atoms with Crippen molar-refractivity contribution < 1.29 is 28.7 Å². The van der Waals surface area contributed by atoms with Gasteiger partial charge in [-0.15, -0.1) is 0 Å². The van der Waals surface area contributed by atoms with Crippen LogP contribution >= 0.6 is 0 Å². The van der Waals surface area contributed by atoms with Crippen molar-refractivity contribution in [1.82, 2.24) is 39.5 Å². The van der Waals surface area contributed by atoms with Crippen molar-refractivity contribution in [2.24, 2.45) is 0 Å². The molecular weight excluding hydrogens is 857 g/mol. The van der Waals surface area contributed by atoms with Crippen LogP contribution in [0, 0.1) is 0 Å². The molecular formula is C54H58N8O6. The number of likely N-dealkylation sites (tertiary alicyclic amines) is 2. The average molecular weight is 915 g/mol. The van der Waals surface area contributed by atoms with Gasteiger partial charge in [-0.05, 0) is 96.2 Å². The molecule has 2 saturated heterocycles. The van der Waals surface area contributed by atoms with Crippen molar-refractivity contribution in [3.63, 3.8) is 0 Å². The summed E-state index contributed by atoms with van der Waals surface area (Å²) in [4.78, 5) is 79.0. The van der Waals surface area contributed by atoms with Crippen LogP contribution in [0.25, 0.3) is 44.3 Å². The standard InChI is InChI=1S/C54H58N8O6/c1-5-29-61(53(65)67-3)47(37-15-9-7-10-16-37)51(63)59-31-13-19-45(59)49-55-41-27-25-39(33-43(41)57-49)35-21-23-36(24-22-35)40-26-28-42-44(34-40)58-50(56-42)46-20-14-32-60(46)52(64)48(38-17-11-8-12-18-38)62(30-6-2)54(66)68-4/h7-12,15-18,21-28,33-34,45-48H,5-6,13-14,19-20,29-32H2,1-4H3,(H,55,57)(H,56,58)/t45-,46-,47?,48?/m0/s1. The van der Waals surface area contributed by atoms with Crippen LogP contribution in [0.3, 0.4) is 0 Å². The van der Waals surface area contributed by atoms with Gasteiger partial charge in [-0.3, -0.25) is 19.4 Å². The zero-order valence-corrected chi connectivity index (χ0v) is 39.1. The van der Waals surface area contributed by atoms with E-state index in [9.17, 15) is 19.2 Å². The van der Waals surface area contributed by atoms with Gasteiger partial charge in [-0.2, -0.15) is 0 Å². The number of amides is 4. The number of nitrogens with zero attached hydrogens (tertiary/aromatic N) is 6. The predicted octanol–water partition coefficient (Wildman–Crippen LogP) is 10.5. The second kappa shape index (κ2) is 20.2. The molecule has 2 fully saturated rings. The molecule has 4 atom stereocenters. The molecule has 350 valence electrons.